The Hall–Kier alpha value is -3.88. The molecule has 2 fully saturated rings. The van der Waals surface area contributed by atoms with Crippen LogP contribution in [0.3, 0.4) is 0 Å². The molecule has 2 aliphatic rings. The van der Waals surface area contributed by atoms with E-state index in [1.165, 1.54) is 12.1 Å². The fourth-order valence-corrected chi connectivity index (χ4v) is 4.41. The van der Waals surface area contributed by atoms with E-state index in [2.05, 4.69) is 20.2 Å². The summed E-state index contributed by atoms with van der Waals surface area (Å²) >= 11 is 0. The molecule has 0 bridgehead atoms. The molecule has 0 spiro atoms. The van der Waals surface area contributed by atoms with E-state index >= 15 is 0 Å². The van der Waals surface area contributed by atoms with E-state index in [0.29, 0.717) is 34.4 Å². The molecule has 2 aliphatic heterocycles. The van der Waals surface area contributed by atoms with Crippen molar-refractivity contribution in [2.75, 3.05) is 37.7 Å². The van der Waals surface area contributed by atoms with Gasteiger partial charge in [-0.05, 0) is 50.1 Å². The number of H-pyrrole nitrogens is 1. The SMILES string of the molecule is CC1(C(=O)NCCC#N)COC(c2nc(-c3ccc(F)cc3)c(-c3ccnc(N4CCCC4)n3)[nH]2)OC1. The highest BCUT2D eigenvalue weighted by Gasteiger charge is 2.40. The van der Waals surface area contributed by atoms with E-state index in [-0.39, 0.29) is 37.9 Å². The van der Waals surface area contributed by atoms with Gasteiger partial charge in [0.25, 0.3) is 0 Å². The predicted octanol–water partition coefficient (Wildman–Crippen LogP) is 3.35. The quantitative estimate of drug-likeness (QED) is 0.468. The maximum Gasteiger partial charge on any atom is 0.230 e. The zero-order valence-corrected chi connectivity index (χ0v) is 20.5. The summed E-state index contributed by atoms with van der Waals surface area (Å²) < 4.78 is 25.5. The van der Waals surface area contributed by atoms with Crippen LogP contribution in [-0.2, 0) is 14.3 Å². The highest BCUT2D eigenvalue weighted by molar-refractivity contribution is 5.82. The number of hydrogen-bond acceptors (Lipinski definition) is 8. The van der Waals surface area contributed by atoms with Crippen molar-refractivity contribution in [1.82, 2.24) is 25.3 Å². The van der Waals surface area contributed by atoms with Crippen molar-refractivity contribution in [2.45, 2.75) is 32.5 Å². The van der Waals surface area contributed by atoms with E-state index in [1.54, 1.807) is 31.3 Å². The number of rotatable bonds is 7. The number of benzene rings is 1. The van der Waals surface area contributed by atoms with Gasteiger partial charge in [0.1, 0.15) is 5.82 Å². The summed E-state index contributed by atoms with van der Waals surface area (Å²) in [6, 6.07) is 9.89. The van der Waals surface area contributed by atoms with Crippen LogP contribution in [0.4, 0.5) is 10.3 Å². The highest BCUT2D eigenvalue weighted by atomic mass is 19.1. The van der Waals surface area contributed by atoms with E-state index in [4.69, 9.17) is 24.7 Å². The smallest absolute Gasteiger partial charge is 0.230 e. The molecule has 2 N–H and O–H groups in total. The van der Waals surface area contributed by atoms with Gasteiger partial charge in [-0.15, -0.1) is 0 Å². The molecule has 192 valence electrons. The molecule has 3 aromatic rings. The fourth-order valence-electron chi connectivity index (χ4n) is 4.41. The zero-order valence-electron chi connectivity index (χ0n) is 20.5. The number of nitriles is 1. The lowest BCUT2D eigenvalue weighted by Gasteiger charge is -2.35. The molecule has 0 atom stereocenters. The van der Waals surface area contributed by atoms with E-state index in [0.717, 1.165) is 25.9 Å². The number of imidazole rings is 1. The number of aromatic nitrogens is 4. The maximum atomic E-state index is 13.6. The Bertz CT molecular complexity index is 1290. The third-order valence-corrected chi connectivity index (χ3v) is 6.53. The van der Waals surface area contributed by atoms with Crippen molar-refractivity contribution in [1.29, 1.82) is 5.26 Å². The number of carbonyl (C=O) groups excluding carboxylic acids is 1. The van der Waals surface area contributed by atoms with Crippen LogP contribution < -0.4 is 10.2 Å². The van der Waals surface area contributed by atoms with Gasteiger partial charge < -0.3 is 24.7 Å². The second kappa shape index (κ2) is 10.6. The van der Waals surface area contributed by atoms with Gasteiger partial charge >= 0.3 is 0 Å². The highest BCUT2D eigenvalue weighted by Crippen LogP contribution is 2.36. The minimum atomic E-state index is -0.890. The van der Waals surface area contributed by atoms with Crippen LogP contribution >= 0.6 is 0 Å². The number of anilines is 1. The number of hydrogen-bond donors (Lipinski definition) is 2. The first kappa shape index (κ1) is 24.8. The minimum absolute atomic E-state index is 0.116. The number of aromatic amines is 1. The number of amides is 1. The van der Waals surface area contributed by atoms with Crippen molar-refractivity contribution < 1.29 is 18.7 Å². The van der Waals surface area contributed by atoms with Crippen molar-refractivity contribution in [3.8, 4) is 28.7 Å². The van der Waals surface area contributed by atoms with Gasteiger partial charge in [-0.2, -0.15) is 5.26 Å². The van der Waals surface area contributed by atoms with Crippen LogP contribution in [0.1, 0.15) is 38.3 Å². The molecule has 2 aromatic heterocycles. The first-order chi connectivity index (χ1) is 18.0. The Morgan fingerprint density at radius 3 is 2.65 bits per heavy atom. The van der Waals surface area contributed by atoms with Gasteiger partial charge in [-0.3, -0.25) is 4.79 Å². The van der Waals surface area contributed by atoms with Crippen LogP contribution in [0.25, 0.3) is 22.6 Å². The molecule has 0 aliphatic carbocycles. The van der Waals surface area contributed by atoms with Crippen molar-refractivity contribution in [3.63, 3.8) is 0 Å². The number of nitrogens with zero attached hydrogens (tertiary/aromatic N) is 5. The monoisotopic (exact) mass is 505 g/mol. The van der Waals surface area contributed by atoms with E-state index < -0.39 is 11.7 Å². The Kier molecular flexibility index (Phi) is 7.12. The summed E-state index contributed by atoms with van der Waals surface area (Å²) in [5.74, 6) is 0.497. The van der Waals surface area contributed by atoms with Crippen LogP contribution in [0.2, 0.25) is 0 Å². The molecule has 0 unspecified atom stereocenters. The lowest BCUT2D eigenvalue weighted by Crippen LogP contribution is -2.48. The van der Waals surface area contributed by atoms with Crippen LogP contribution in [-0.4, -0.2) is 58.7 Å². The third kappa shape index (κ3) is 5.30. The van der Waals surface area contributed by atoms with Crippen molar-refractivity contribution in [2.24, 2.45) is 5.41 Å². The van der Waals surface area contributed by atoms with Crippen LogP contribution in [0.15, 0.2) is 36.5 Å². The van der Waals surface area contributed by atoms with Gasteiger partial charge in [0, 0.05) is 31.4 Å². The van der Waals surface area contributed by atoms with Crippen LogP contribution in [0.5, 0.6) is 0 Å². The van der Waals surface area contributed by atoms with E-state index in [9.17, 15) is 9.18 Å². The summed E-state index contributed by atoms with van der Waals surface area (Å²) in [6.07, 6.45) is 3.33. The van der Waals surface area contributed by atoms with Gasteiger partial charge in [0.05, 0.1) is 48.2 Å². The molecule has 37 heavy (non-hydrogen) atoms. The molecule has 11 heteroatoms. The second-order valence-electron chi connectivity index (χ2n) is 9.47. The first-order valence-electron chi connectivity index (χ1n) is 12.3. The standard InChI is InChI=1S/C26H28FN7O3/c1-26(24(35)29-11-4-10-28)15-36-23(37-16-26)22-32-20(17-5-7-18(27)8-6-17)21(33-22)19-9-12-30-25(31-19)34-13-2-3-14-34/h5-9,12,23H,2-4,11,13-16H2,1H3,(H,29,35)(H,32,33). The van der Waals surface area contributed by atoms with Gasteiger partial charge in [0.2, 0.25) is 18.1 Å². The Morgan fingerprint density at radius 1 is 1.22 bits per heavy atom. The molecule has 4 heterocycles. The first-order valence-corrected chi connectivity index (χ1v) is 12.3. The van der Waals surface area contributed by atoms with Gasteiger partial charge in [-0.25, -0.2) is 19.3 Å². The molecule has 1 aromatic carbocycles. The largest absolute Gasteiger partial charge is 0.354 e. The molecule has 1 amide bonds. The Morgan fingerprint density at radius 2 is 1.95 bits per heavy atom. The fraction of sp³-hybridized carbons (Fsp3) is 0.423. The summed E-state index contributed by atoms with van der Waals surface area (Å²) in [6.45, 7) is 4.08. The predicted molar refractivity (Wildman–Crippen MR) is 132 cm³/mol. The Balaban J connectivity index is 1.42. The average Bonchev–Trinajstić information content (AvgIpc) is 3.61. The lowest BCUT2D eigenvalue weighted by molar-refractivity contribution is -0.231. The summed E-state index contributed by atoms with van der Waals surface area (Å²) in [5.41, 5.74) is 1.68. The zero-order chi connectivity index (χ0) is 25.8. The number of halogens is 1. The molecule has 0 radical (unpaired) electrons. The summed E-state index contributed by atoms with van der Waals surface area (Å²) in [5, 5.41) is 11.4. The topological polar surface area (TPSA) is 129 Å². The maximum absolute atomic E-state index is 13.6. The molecule has 10 nitrogen and oxygen atoms in total. The molecular weight excluding hydrogens is 477 g/mol. The Labute approximate surface area is 213 Å². The van der Waals surface area contributed by atoms with Crippen molar-refractivity contribution >= 4 is 11.9 Å². The summed E-state index contributed by atoms with van der Waals surface area (Å²) in [4.78, 5) is 32.0. The summed E-state index contributed by atoms with van der Waals surface area (Å²) in [7, 11) is 0. The van der Waals surface area contributed by atoms with E-state index in [1.807, 2.05) is 6.07 Å². The molecular formula is C26H28FN7O3. The minimum Gasteiger partial charge on any atom is -0.354 e. The van der Waals surface area contributed by atoms with Gasteiger partial charge in [-0.1, -0.05) is 0 Å². The number of nitrogens with one attached hydrogen (secondary N) is 2. The molecule has 0 saturated carbocycles. The number of ether oxygens (including phenoxy) is 2. The number of carbonyl (C=O) groups is 1. The lowest BCUT2D eigenvalue weighted by atomic mass is 9.91. The molecule has 2 saturated heterocycles. The van der Waals surface area contributed by atoms with Crippen LogP contribution in [0, 0.1) is 22.6 Å². The van der Waals surface area contributed by atoms with Crippen molar-refractivity contribution in [3.05, 3.63) is 48.2 Å². The normalized spacial score (nSPS) is 21.5. The third-order valence-electron chi connectivity index (χ3n) is 6.53. The van der Waals surface area contributed by atoms with Gasteiger partial charge in [0.15, 0.2) is 5.82 Å². The molecule has 5 rings (SSSR count). The second-order valence-corrected chi connectivity index (χ2v) is 9.47. The average molecular weight is 506 g/mol.